The zero-order valence-electron chi connectivity index (χ0n) is 17.4. The maximum atomic E-state index is 12.7. The van der Waals surface area contributed by atoms with Crippen LogP contribution in [0.1, 0.15) is 10.6 Å². The topological polar surface area (TPSA) is 78.9 Å². The Morgan fingerprint density at radius 1 is 1.15 bits per heavy atom. The van der Waals surface area contributed by atoms with Gasteiger partial charge in [0.1, 0.15) is 22.2 Å². The molecule has 0 aliphatic heterocycles. The van der Waals surface area contributed by atoms with Gasteiger partial charge in [0.15, 0.2) is 0 Å². The fourth-order valence-electron chi connectivity index (χ4n) is 3.55. The summed E-state index contributed by atoms with van der Waals surface area (Å²) in [6.45, 7) is 1.92. The zero-order valence-corrected chi connectivity index (χ0v) is 19.0. The van der Waals surface area contributed by atoms with Gasteiger partial charge in [-0.1, -0.05) is 48.0 Å². The Kier molecular flexibility index (Phi) is 5.43. The first-order valence-electron chi connectivity index (χ1n) is 10.1. The number of fused-ring (bicyclic) bond motifs is 3. The molecule has 3 aromatic carbocycles. The van der Waals surface area contributed by atoms with Crippen molar-refractivity contribution in [1.82, 2.24) is 4.98 Å². The van der Waals surface area contributed by atoms with E-state index >= 15 is 0 Å². The first-order valence-corrected chi connectivity index (χ1v) is 11.3. The summed E-state index contributed by atoms with van der Waals surface area (Å²) in [4.78, 5) is 17.2. The number of nitrogens with zero attached hydrogens (tertiary/aromatic N) is 2. The first-order chi connectivity index (χ1) is 16.0. The average molecular weight is 470 g/mol. The highest BCUT2D eigenvalue weighted by Crippen LogP contribution is 2.30. The third-order valence-electron chi connectivity index (χ3n) is 5.33. The molecule has 0 amide bonds. The molecule has 5 nitrogen and oxygen atoms in total. The molecule has 0 radical (unpaired) electrons. The van der Waals surface area contributed by atoms with E-state index in [9.17, 15) is 10.1 Å². The van der Waals surface area contributed by atoms with Crippen molar-refractivity contribution in [2.45, 2.75) is 6.92 Å². The summed E-state index contributed by atoms with van der Waals surface area (Å²) in [5.41, 5.74) is 2.96. The minimum atomic E-state index is -0.468. The summed E-state index contributed by atoms with van der Waals surface area (Å²) in [5.74, 6) is 0. The second kappa shape index (κ2) is 8.55. The molecule has 5 aromatic rings. The summed E-state index contributed by atoms with van der Waals surface area (Å²) < 4.78 is 5.58. The van der Waals surface area contributed by atoms with E-state index in [1.807, 2.05) is 55.5 Å². The fourth-order valence-corrected chi connectivity index (χ4v) is 4.52. The SMILES string of the molecule is Cc1ccc(N/C=C(\C#N)c2nc(-c3cc4c(ccc5ccccc54)oc3=O)cs2)cc1Cl. The Balaban J connectivity index is 1.52. The van der Waals surface area contributed by atoms with E-state index in [4.69, 9.17) is 16.0 Å². The van der Waals surface area contributed by atoms with Gasteiger partial charge in [0, 0.05) is 27.7 Å². The number of thiazole rings is 1. The molecule has 2 heterocycles. The van der Waals surface area contributed by atoms with Gasteiger partial charge in [0.2, 0.25) is 0 Å². The molecule has 0 spiro atoms. The second-order valence-electron chi connectivity index (χ2n) is 7.46. The van der Waals surface area contributed by atoms with Gasteiger partial charge in [-0.25, -0.2) is 9.78 Å². The lowest BCUT2D eigenvalue weighted by Gasteiger charge is -2.04. The van der Waals surface area contributed by atoms with Gasteiger partial charge < -0.3 is 9.73 Å². The van der Waals surface area contributed by atoms with Gasteiger partial charge >= 0.3 is 5.63 Å². The van der Waals surface area contributed by atoms with E-state index in [-0.39, 0.29) is 0 Å². The Morgan fingerprint density at radius 3 is 2.82 bits per heavy atom. The van der Waals surface area contributed by atoms with Crippen LogP contribution in [0.5, 0.6) is 0 Å². The lowest BCUT2D eigenvalue weighted by Crippen LogP contribution is -2.03. The van der Waals surface area contributed by atoms with Crippen LogP contribution in [0.25, 0.3) is 38.6 Å². The van der Waals surface area contributed by atoms with E-state index in [0.29, 0.717) is 32.4 Å². The van der Waals surface area contributed by atoms with Crippen molar-refractivity contribution in [2.24, 2.45) is 0 Å². The van der Waals surface area contributed by atoms with E-state index < -0.39 is 5.63 Å². The molecule has 0 aliphatic rings. The van der Waals surface area contributed by atoms with E-state index in [0.717, 1.165) is 27.4 Å². The molecule has 2 aromatic heterocycles. The summed E-state index contributed by atoms with van der Waals surface area (Å²) in [6.07, 6.45) is 1.58. The van der Waals surface area contributed by atoms with Crippen LogP contribution in [0.3, 0.4) is 0 Å². The number of hydrogen-bond donors (Lipinski definition) is 1. The number of nitrogens with one attached hydrogen (secondary N) is 1. The second-order valence-corrected chi connectivity index (χ2v) is 8.73. The smallest absolute Gasteiger partial charge is 0.345 e. The largest absolute Gasteiger partial charge is 0.422 e. The van der Waals surface area contributed by atoms with Gasteiger partial charge in [0.05, 0.1) is 11.3 Å². The summed E-state index contributed by atoms with van der Waals surface area (Å²) in [6, 6.07) is 21.2. The van der Waals surface area contributed by atoms with Crippen molar-refractivity contribution in [1.29, 1.82) is 5.26 Å². The number of aryl methyl sites for hydroxylation is 1. The van der Waals surface area contributed by atoms with Crippen LogP contribution < -0.4 is 10.9 Å². The molecule has 5 rings (SSSR count). The van der Waals surface area contributed by atoms with E-state index in [1.165, 1.54) is 11.3 Å². The highest BCUT2D eigenvalue weighted by Gasteiger charge is 2.15. The van der Waals surface area contributed by atoms with Crippen LogP contribution >= 0.6 is 22.9 Å². The van der Waals surface area contributed by atoms with Crippen molar-refractivity contribution in [3.8, 4) is 17.3 Å². The van der Waals surface area contributed by atoms with Gasteiger partial charge in [-0.3, -0.25) is 0 Å². The van der Waals surface area contributed by atoms with Crippen LogP contribution in [-0.2, 0) is 0 Å². The quantitative estimate of drug-likeness (QED) is 0.174. The van der Waals surface area contributed by atoms with Crippen molar-refractivity contribution in [2.75, 3.05) is 5.32 Å². The third-order valence-corrected chi connectivity index (χ3v) is 6.61. The third kappa shape index (κ3) is 4.00. The lowest BCUT2D eigenvalue weighted by atomic mass is 10.0. The maximum absolute atomic E-state index is 12.7. The Bertz CT molecular complexity index is 1660. The summed E-state index contributed by atoms with van der Waals surface area (Å²) in [7, 11) is 0. The number of anilines is 1. The molecular formula is C26H16ClN3O2S. The highest BCUT2D eigenvalue weighted by molar-refractivity contribution is 7.11. The van der Waals surface area contributed by atoms with E-state index in [2.05, 4.69) is 16.4 Å². The molecule has 0 atom stereocenters. The molecule has 0 aliphatic carbocycles. The molecule has 33 heavy (non-hydrogen) atoms. The van der Waals surface area contributed by atoms with Gasteiger partial charge in [0.25, 0.3) is 0 Å². The normalized spacial score (nSPS) is 11.6. The van der Waals surface area contributed by atoms with Crippen molar-refractivity contribution in [3.05, 3.63) is 98.3 Å². The van der Waals surface area contributed by atoms with Gasteiger partial charge in [-0.05, 0) is 47.5 Å². The predicted octanol–water partition coefficient (Wildman–Crippen LogP) is 7.01. The Labute approximate surface area is 198 Å². The molecule has 0 unspecified atom stereocenters. The minimum absolute atomic E-state index is 0.346. The standard InChI is InChI=1S/C26H16ClN3O2S/c1-15-6-8-18(10-22(15)27)29-13-17(12-28)25-30-23(14-33-25)21-11-20-19-5-3-2-4-16(19)7-9-24(20)32-26(21)31/h2-11,13-14,29H,1H3/b17-13+. The number of allylic oxidation sites excluding steroid dienone is 1. The van der Waals surface area contributed by atoms with Crippen LogP contribution in [-0.4, -0.2) is 4.98 Å². The van der Waals surface area contributed by atoms with Crippen LogP contribution in [0.15, 0.2) is 81.5 Å². The molecule has 0 bridgehead atoms. The highest BCUT2D eigenvalue weighted by atomic mass is 35.5. The van der Waals surface area contributed by atoms with Crippen LogP contribution in [0, 0.1) is 18.3 Å². The average Bonchev–Trinajstić information content (AvgIpc) is 3.31. The monoisotopic (exact) mass is 469 g/mol. The molecule has 0 saturated carbocycles. The number of halogens is 1. The first kappa shape index (κ1) is 21.0. The van der Waals surface area contributed by atoms with Gasteiger partial charge in [-0.15, -0.1) is 11.3 Å². The van der Waals surface area contributed by atoms with E-state index in [1.54, 1.807) is 23.7 Å². The molecule has 0 fully saturated rings. The molecule has 160 valence electrons. The summed E-state index contributed by atoms with van der Waals surface area (Å²) in [5, 5.41) is 18.5. The van der Waals surface area contributed by atoms with Gasteiger partial charge in [-0.2, -0.15) is 5.26 Å². The van der Waals surface area contributed by atoms with Crippen molar-refractivity contribution < 1.29 is 4.42 Å². The number of benzene rings is 3. The van der Waals surface area contributed by atoms with Crippen molar-refractivity contribution in [3.63, 3.8) is 0 Å². The maximum Gasteiger partial charge on any atom is 0.345 e. The van der Waals surface area contributed by atoms with Crippen LogP contribution in [0.4, 0.5) is 5.69 Å². The Morgan fingerprint density at radius 2 is 2.00 bits per heavy atom. The zero-order chi connectivity index (χ0) is 22.9. The number of aromatic nitrogens is 1. The molecule has 1 N–H and O–H groups in total. The van der Waals surface area contributed by atoms with Crippen molar-refractivity contribution >= 4 is 55.9 Å². The molecule has 0 saturated heterocycles. The predicted molar refractivity (Wildman–Crippen MR) is 134 cm³/mol. The number of nitriles is 1. The van der Waals surface area contributed by atoms with Crippen LogP contribution in [0.2, 0.25) is 5.02 Å². The summed E-state index contributed by atoms with van der Waals surface area (Å²) >= 11 is 7.46. The minimum Gasteiger partial charge on any atom is -0.422 e. The fraction of sp³-hybridized carbons (Fsp3) is 0.0385. The Hall–Kier alpha value is -3.92. The lowest BCUT2D eigenvalue weighted by molar-refractivity contribution is 0.563. The number of rotatable bonds is 4. The number of hydrogen-bond acceptors (Lipinski definition) is 6. The molecular weight excluding hydrogens is 454 g/mol. The molecule has 7 heteroatoms.